The molecule has 4 N–H and O–H groups in total. The lowest BCUT2D eigenvalue weighted by Gasteiger charge is -2.09. The number of anilines is 2. The molecule has 0 saturated carbocycles. The molecule has 0 fully saturated rings. The second-order valence-corrected chi connectivity index (χ2v) is 3.19. The minimum absolute atomic E-state index is 0.377. The Morgan fingerprint density at radius 2 is 2.38 bits per heavy atom. The molecule has 0 aliphatic carbocycles. The number of aliphatic hydroxyl groups excluding tert-OH is 1. The van der Waals surface area contributed by atoms with Gasteiger partial charge in [-0.2, -0.15) is 0 Å². The van der Waals surface area contributed by atoms with E-state index in [2.05, 4.69) is 10.3 Å². The SMILES string of the molecule is CC(O)CNc1nc(Cl)ccc1N. The summed E-state index contributed by atoms with van der Waals surface area (Å²) in [4.78, 5) is 3.96. The van der Waals surface area contributed by atoms with Gasteiger partial charge >= 0.3 is 0 Å². The molecular formula is C8H12ClN3O. The Morgan fingerprint density at radius 3 is 3.00 bits per heavy atom. The molecule has 1 rings (SSSR count). The highest BCUT2D eigenvalue weighted by molar-refractivity contribution is 6.29. The highest BCUT2D eigenvalue weighted by Crippen LogP contribution is 2.17. The molecule has 1 aromatic heterocycles. The van der Waals surface area contributed by atoms with Gasteiger partial charge in [-0.15, -0.1) is 0 Å². The Bertz CT molecular complexity index is 291. The van der Waals surface area contributed by atoms with E-state index in [1.165, 1.54) is 0 Å². The lowest BCUT2D eigenvalue weighted by atomic mass is 10.3. The molecule has 0 radical (unpaired) electrons. The molecular weight excluding hydrogens is 190 g/mol. The fourth-order valence-electron chi connectivity index (χ4n) is 0.832. The molecule has 0 amide bonds. The van der Waals surface area contributed by atoms with E-state index in [0.29, 0.717) is 23.2 Å². The number of nitrogens with two attached hydrogens (primary N) is 1. The van der Waals surface area contributed by atoms with E-state index in [9.17, 15) is 0 Å². The molecule has 0 spiro atoms. The maximum atomic E-state index is 9.01. The van der Waals surface area contributed by atoms with Crippen molar-refractivity contribution in [3.05, 3.63) is 17.3 Å². The number of aromatic nitrogens is 1. The zero-order valence-electron chi connectivity index (χ0n) is 7.29. The zero-order valence-corrected chi connectivity index (χ0v) is 8.04. The summed E-state index contributed by atoms with van der Waals surface area (Å²) in [5.41, 5.74) is 6.13. The van der Waals surface area contributed by atoms with Gasteiger partial charge < -0.3 is 16.2 Å². The predicted octanol–water partition coefficient (Wildman–Crippen LogP) is 1.11. The highest BCUT2D eigenvalue weighted by atomic mass is 35.5. The second-order valence-electron chi connectivity index (χ2n) is 2.80. The van der Waals surface area contributed by atoms with Gasteiger partial charge in [0.1, 0.15) is 5.15 Å². The number of hydrogen-bond donors (Lipinski definition) is 3. The van der Waals surface area contributed by atoms with Crippen LogP contribution in [0.1, 0.15) is 6.92 Å². The van der Waals surface area contributed by atoms with E-state index in [-0.39, 0.29) is 0 Å². The lowest BCUT2D eigenvalue weighted by molar-refractivity contribution is 0.208. The molecule has 0 saturated heterocycles. The van der Waals surface area contributed by atoms with Crippen molar-refractivity contribution in [3.63, 3.8) is 0 Å². The molecule has 1 aromatic rings. The van der Waals surface area contributed by atoms with Crippen molar-refractivity contribution in [2.45, 2.75) is 13.0 Å². The number of pyridine rings is 1. The molecule has 4 nitrogen and oxygen atoms in total. The molecule has 0 bridgehead atoms. The van der Waals surface area contributed by atoms with Crippen LogP contribution in [-0.4, -0.2) is 22.7 Å². The smallest absolute Gasteiger partial charge is 0.151 e. The number of hydrogen-bond acceptors (Lipinski definition) is 4. The standard InChI is InChI=1S/C8H12ClN3O/c1-5(13)4-11-8-6(10)2-3-7(9)12-8/h2-3,5,13H,4,10H2,1H3,(H,11,12). The van der Waals surface area contributed by atoms with Gasteiger partial charge in [0.15, 0.2) is 5.82 Å². The van der Waals surface area contributed by atoms with E-state index in [4.69, 9.17) is 22.4 Å². The molecule has 0 aliphatic heterocycles. The summed E-state index contributed by atoms with van der Waals surface area (Å²) in [6.07, 6.45) is -0.444. The average Bonchev–Trinajstić information content (AvgIpc) is 2.06. The Kier molecular flexibility index (Phi) is 3.33. The molecule has 1 heterocycles. The van der Waals surface area contributed by atoms with Crippen LogP contribution in [0.15, 0.2) is 12.1 Å². The van der Waals surface area contributed by atoms with Crippen LogP contribution in [0, 0.1) is 0 Å². The quantitative estimate of drug-likeness (QED) is 0.641. The third-order valence-corrected chi connectivity index (χ3v) is 1.67. The number of rotatable bonds is 3. The zero-order chi connectivity index (χ0) is 9.84. The van der Waals surface area contributed by atoms with Gasteiger partial charge in [0.2, 0.25) is 0 Å². The fraction of sp³-hybridized carbons (Fsp3) is 0.375. The maximum Gasteiger partial charge on any atom is 0.151 e. The Morgan fingerprint density at radius 1 is 1.69 bits per heavy atom. The third-order valence-electron chi connectivity index (χ3n) is 1.46. The van der Waals surface area contributed by atoms with Crippen LogP contribution in [0.3, 0.4) is 0 Å². The monoisotopic (exact) mass is 201 g/mol. The first-order valence-corrected chi connectivity index (χ1v) is 4.31. The van der Waals surface area contributed by atoms with Gasteiger partial charge in [-0.1, -0.05) is 11.6 Å². The molecule has 13 heavy (non-hydrogen) atoms. The molecule has 0 aliphatic rings. The third kappa shape index (κ3) is 3.08. The summed E-state index contributed by atoms with van der Waals surface area (Å²) in [6.45, 7) is 2.07. The molecule has 0 aromatic carbocycles. The number of nitrogen functional groups attached to an aromatic ring is 1. The van der Waals surface area contributed by atoms with Gasteiger partial charge in [0.25, 0.3) is 0 Å². The van der Waals surface area contributed by atoms with Crippen molar-refractivity contribution in [1.82, 2.24) is 4.98 Å². The Labute approximate surface area is 81.7 Å². The van der Waals surface area contributed by atoms with Gasteiger partial charge in [-0.3, -0.25) is 0 Å². The summed E-state index contributed by atoms with van der Waals surface area (Å²) in [7, 11) is 0. The normalized spacial score (nSPS) is 12.5. The van der Waals surface area contributed by atoms with Crippen LogP contribution in [0.4, 0.5) is 11.5 Å². The van der Waals surface area contributed by atoms with Gasteiger partial charge in [0, 0.05) is 6.54 Å². The van der Waals surface area contributed by atoms with Crippen LogP contribution in [-0.2, 0) is 0 Å². The van der Waals surface area contributed by atoms with Crippen LogP contribution < -0.4 is 11.1 Å². The number of aliphatic hydroxyl groups is 1. The predicted molar refractivity (Wildman–Crippen MR) is 53.8 cm³/mol. The summed E-state index contributed by atoms with van der Waals surface area (Å²) < 4.78 is 0. The van der Waals surface area contributed by atoms with E-state index in [1.807, 2.05) is 0 Å². The van der Waals surface area contributed by atoms with E-state index >= 15 is 0 Å². The number of nitrogens with one attached hydrogen (secondary N) is 1. The number of halogens is 1. The fourth-order valence-corrected chi connectivity index (χ4v) is 0.980. The summed E-state index contributed by atoms with van der Waals surface area (Å²) in [5.74, 6) is 0.508. The summed E-state index contributed by atoms with van der Waals surface area (Å²) >= 11 is 5.66. The number of nitrogens with zero attached hydrogens (tertiary/aromatic N) is 1. The lowest BCUT2D eigenvalue weighted by Crippen LogP contribution is -2.16. The van der Waals surface area contributed by atoms with Crippen molar-refractivity contribution in [2.24, 2.45) is 0 Å². The largest absolute Gasteiger partial charge is 0.396 e. The summed E-state index contributed by atoms with van der Waals surface area (Å²) in [5, 5.41) is 12.3. The minimum Gasteiger partial charge on any atom is -0.396 e. The van der Waals surface area contributed by atoms with Gasteiger partial charge in [-0.25, -0.2) is 4.98 Å². The first kappa shape index (κ1) is 10.1. The van der Waals surface area contributed by atoms with Crippen LogP contribution >= 0.6 is 11.6 Å². The second kappa shape index (κ2) is 4.30. The average molecular weight is 202 g/mol. The minimum atomic E-state index is -0.444. The first-order valence-electron chi connectivity index (χ1n) is 3.93. The van der Waals surface area contributed by atoms with Crippen molar-refractivity contribution in [3.8, 4) is 0 Å². The van der Waals surface area contributed by atoms with Crippen molar-refractivity contribution < 1.29 is 5.11 Å². The molecule has 72 valence electrons. The molecule has 5 heteroatoms. The van der Waals surface area contributed by atoms with Gasteiger partial charge in [-0.05, 0) is 19.1 Å². The molecule has 1 unspecified atom stereocenters. The molecule has 1 atom stereocenters. The van der Waals surface area contributed by atoms with Crippen LogP contribution in [0.2, 0.25) is 5.15 Å². The van der Waals surface area contributed by atoms with Crippen molar-refractivity contribution >= 4 is 23.1 Å². The Balaban J connectivity index is 2.70. The highest BCUT2D eigenvalue weighted by Gasteiger charge is 2.02. The Hall–Kier alpha value is -1.00. The summed E-state index contributed by atoms with van der Waals surface area (Å²) in [6, 6.07) is 3.28. The van der Waals surface area contributed by atoms with Gasteiger partial charge in [0.05, 0.1) is 11.8 Å². The maximum absolute atomic E-state index is 9.01. The van der Waals surface area contributed by atoms with Crippen molar-refractivity contribution in [2.75, 3.05) is 17.6 Å². The van der Waals surface area contributed by atoms with E-state index < -0.39 is 6.10 Å². The van der Waals surface area contributed by atoms with E-state index in [1.54, 1.807) is 19.1 Å². The van der Waals surface area contributed by atoms with Crippen molar-refractivity contribution in [1.29, 1.82) is 0 Å². The van der Waals surface area contributed by atoms with Crippen LogP contribution in [0.5, 0.6) is 0 Å². The first-order chi connectivity index (χ1) is 6.09. The van der Waals surface area contributed by atoms with E-state index in [0.717, 1.165) is 0 Å². The van der Waals surface area contributed by atoms with Crippen LogP contribution in [0.25, 0.3) is 0 Å². The topological polar surface area (TPSA) is 71.2 Å².